The summed E-state index contributed by atoms with van der Waals surface area (Å²) in [5.74, 6) is 6.89. The fourth-order valence-electron chi connectivity index (χ4n) is 5.03. The lowest BCUT2D eigenvalue weighted by molar-refractivity contribution is -0.137. The van der Waals surface area contributed by atoms with Crippen molar-refractivity contribution in [3.8, 4) is 17.6 Å². The number of piperidine rings is 1. The molecule has 188 valence electrons. The molecule has 4 rings (SSSR count). The molecule has 0 bridgehead atoms. The van der Waals surface area contributed by atoms with Gasteiger partial charge in [0.2, 0.25) is 0 Å². The number of likely N-dealkylation sites (tertiary alicyclic amines) is 1. The minimum atomic E-state index is -0.770. The van der Waals surface area contributed by atoms with E-state index in [-0.39, 0.29) is 12.3 Å². The molecule has 1 saturated heterocycles. The van der Waals surface area contributed by atoms with Gasteiger partial charge in [0.25, 0.3) is 0 Å². The molecule has 0 radical (unpaired) electrons. The minimum Gasteiger partial charge on any atom is -0.497 e. The Hall–Kier alpha value is -3.54. The van der Waals surface area contributed by atoms with Crippen molar-refractivity contribution in [3.63, 3.8) is 0 Å². The van der Waals surface area contributed by atoms with Crippen molar-refractivity contribution in [3.05, 3.63) is 60.0 Å². The molecular formula is C28H32N4O4. The summed E-state index contributed by atoms with van der Waals surface area (Å²) in [6.45, 7) is 2.35. The normalized spacial score (nSPS) is 18.8. The van der Waals surface area contributed by atoms with Crippen LogP contribution in [0.25, 0.3) is 10.9 Å². The maximum Gasteiger partial charge on any atom is 0.303 e. The third kappa shape index (κ3) is 6.78. The number of ether oxygens (including phenoxy) is 1. The van der Waals surface area contributed by atoms with Gasteiger partial charge in [0.15, 0.2) is 0 Å². The van der Waals surface area contributed by atoms with Crippen LogP contribution in [0.15, 0.2) is 48.9 Å². The summed E-state index contributed by atoms with van der Waals surface area (Å²) >= 11 is 0. The predicted molar refractivity (Wildman–Crippen MR) is 136 cm³/mol. The highest BCUT2D eigenvalue weighted by Crippen LogP contribution is 2.35. The summed E-state index contributed by atoms with van der Waals surface area (Å²) < 4.78 is 5.36. The molecule has 3 aromatic rings. The first-order valence-corrected chi connectivity index (χ1v) is 12.3. The number of aromatic nitrogens is 3. The molecule has 1 fully saturated rings. The highest BCUT2D eigenvalue weighted by atomic mass is 16.5. The van der Waals surface area contributed by atoms with Gasteiger partial charge < -0.3 is 14.9 Å². The average Bonchev–Trinajstić information content (AvgIpc) is 2.91. The van der Waals surface area contributed by atoms with Gasteiger partial charge in [0.05, 0.1) is 37.7 Å². The van der Waals surface area contributed by atoms with Gasteiger partial charge in [-0.3, -0.25) is 14.7 Å². The Morgan fingerprint density at radius 1 is 1.19 bits per heavy atom. The molecule has 1 aliphatic heterocycles. The van der Waals surface area contributed by atoms with Gasteiger partial charge in [-0.2, -0.15) is 10.2 Å². The lowest BCUT2D eigenvalue weighted by Crippen LogP contribution is -2.41. The summed E-state index contributed by atoms with van der Waals surface area (Å²) in [6, 6.07) is 9.38. The van der Waals surface area contributed by atoms with E-state index in [0.29, 0.717) is 25.3 Å². The van der Waals surface area contributed by atoms with E-state index < -0.39 is 12.1 Å². The van der Waals surface area contributed by atoms with Crippen LogP contribution in [0, 0.1) is 23.7 Å². The Morgan fingerprint density at radius 2 is 2.08 bits per heavy atom. The fourth-order valence-corrected chi connectivity index (χ4v) is 5.03. The van der Waals surface area contributed by atoms with Crippen molar-refractivity contribution in [2.75, 3.05) is 26.7 Å². The van der Waals surface area contributed by atoms with Gasteiger partial charge in [-0.25, -0.2) is 0 Å². The van der Waals surface area contributed by atoms with Crippen LogP contribution in [-0.2, 0) is 4.79 Å². The number of benzene rings is 1. The molecule has 8 heteroatoms. The maximum atomic E-state index is 11.3. The Bertz CT molecular complexity index is 1220. The minimum absolute atomic E-state index is 0.153. The summed E-state index contributed by atoms with van der Waals surface area (Å²) in [4.78, 5) is 18.0. The summed E-state index contributed by atoms with van der Waals surface area (Å²) in [5.41, 5.74) is 2.50. The number of hydrogen-bond donors (Lipinski definition) is 2. The van der Waals surface area contributed by atoms with Gasteiger partial charge in [-0.05, 0) is 80.0 Å². The predicted octanol–water partition coefficient (Wildman–Crippen LogP) is 3.70. The lowest BCUT2D eigenvalue weighted by atomic mass is 9.79. The van der Waals surface area contributed by atoms with Crippen LogP contribution in [0.4, 0.5) is 0 Å². The first kappa shape index (κ1) is 25.5. The zero-order chi connectivity index (χ0) is 25.3. The number of hydrogen-bond acceptors (Lipinski definition) is 7. The Morgan fingerprint density at radius 3 is 2.86 bits per heavy atom. The van der Waals surface area contributed by atoms with E-state index in [1.165, 1.54) is 0 Å². The molecule has 0 saturated carbocycles. The van der Waals surface area contributed by atoms with Crippen LogP contribution >= 0.6 is 0 Å². The van der Waals surface area contributed by atoms with Crippen molar-refractivity contribution in [2.45, 2.75) is 38.2 Å². The number of aliphatic hydroxyl groups is 1. The first-order valence-electron chi connectivity index (χ1n) is 12.3. The molecule has 1 aromatic carbocycles. The van der Waals surface area contributed by atoms with E-state index in [9.17, 15) is 15.0 Å². The number of fused-ring (bicyclic) bond motifs is 1. The molecule has 0 spiro atoms. The van der Waals surface area contributed by atoms with E-state index >= 15 is 0 Å². The molecule has 0 aliphatic carbocycles. The van der Waals surface area contributed by atoms with Crippen molar-refractivity contribution >= 4 is 16.9 Å². The van der Waals surface area contributed by atoms with E-state index in [1.807, 2.05) is 30.3 Å². The molecule has 0 unspecified atom stereocenters. The van der Waals surface area contributed by atoms with Crippen molar-refractivity contribution < 1.29 is 19.7 Å². The largest absolute Gasteiger partial charge is 0.497 e. The number of aliphatic hydroxyl groups excluding tert-OH is 1. The SMILES string of the molecule is COc1ccc2nccc([C@H](O)CC[C@@H]3CCN(CC#Cc4ccnnc4)C[C@H]3CCC(=O)O)c2c1. The Balaban J connectivity index is 1.39. The van der Waals surface area contributed by atoms with Crippen LogP contribution in [-0.4, -0.2) is 63.0 Å². The third-order valence-electron chi connectivity index (χ3n) is 6.98. The van der Waals surface area contributed by atoms with Gasteiger partial charge in [0.1, 0.15) is 5.75 Å². The summed E-state index contributed by atoms with van der Waals surface area (Å²) in [7, 11) is 1.62. The molecular weight excluding hydrogens is 456 g/mol. The second kappa shape index (κ2) is 12.4. The fraction of sp³-hybridized carbons (Fsp3) is 0.429. The van der Waals surface area contributed by atoms with Crippen LogP contribution in [0.1, 0.15) is 49.3 Å². The highest BCUT2D eigenvalue weighted by Gasteiger charge is 2.29. The molecule has 0 amide bonds. The number of carboxylic acids is 1. The summed E-state index contributed by atoms with van der Waals surface area (Å²) in [5, 5.41) is 28.9. The summed E-state index contributed by atoms with van der Waals surface area (Å²) in [6.07, 6.45) is 7.55. The number of aliphatic carboxylic acids is 1. The lowest BCUT2D eigenvalue weighted by Gasteiger charge is -2.38. The number of methoxy groups -OCH3 is 1. The van der Waals surface area contributed by atoms with E-state index in [1.54, 1.807) is 25.7 Å². The quantitative estimate of drug-likeness (QED) is 0.439. The molecule has 3 atom stereocenters. The van der Waals surface area contributed by atoms with Gasteiger partial charge >= 0.3 is 5.97 Å². The molecule has 36 heavy (non-hydrogen) atoms. The van der Waals surface area contributed by atoms with Crippen molar-refractivity contribution in [2.24, 2.45) is 11.8 Å². The molecule has 2 aromatic heterocycles. The molecule has 2 N–H and O–H groups in total. The van der Waals surface area contributed by atoms with E-state index in [4.69, 9.17) is 4.74 Å². The second-order valence-electron chi connectivity index (χ2n) is 9.29. The van der Waals surface area contributed by atoms with Crippen LogP contribution < -0.4 is 4.74 Å². The Kier molecular flexibility index (Phi) is 8.82. The molecule has 1 aliphatic rings. The monoisotopic (exact) mass is 488 g/mol. The number of carbonyl (C=O) groups is 1. The van der Waals surface area contributed by atoms with Gasteiger partial charge in [0, 0.05) is 30.1 Å². The van der Waals surface area contributed by atoms with E-state index in [2.05, 4.69) is 31.9 Å². The zero-order valence-electron chi connectivity index (χ0n) is 20.5. The Labute approximate surface area is 211 Å². The second-order valence-corrected chi connectivity index (χ2v) is 9.29. The number of pyridine rings is 1. The smallest absolute Gasteiger partial charge is 0.303 e. The third-order valence-corrected chi connectivity index (χ3v) is 6.98. The van der Waals surface area contributed by atoms with Crippen molar-refractivity contribution in [1.82, 2.24) is 20.1 Å². The van der Waals surface area contributed by atoms with Gasteiger partial charge in [-0.15, -0.1) is 0 Å². The van der Waals surface area contributed by atoms with Crippen LogP contribution in [0.5, 0.6) is 5.75 Å². The first-order chi connectivity index (χ1) is 17.5. The average molecular weight is 489 g/mol. The van der Waals surface area contributed by atoms with Crippen LogP contribution in [0.2, 0.25) is 0 Å². The topological polar surface area (TPSA) is 109 Å². The van der Waals surface area contributed by atoms with E-state index in [0.717, 1.165) is 53.7 Å². The standard InChI is InChI=1S/C28H32N4O4/c1-36-23-6-7-26-25(17-23)24(11-13-29-26)27(33)8-4-21-12-16-32(19-22(21)5-9-28(34)35)15-2-3-20-10-14-30-31-18-20/h6-7,10-11,13-14,17-18,21-22,27,33H,4-5,8-9,12,15-16,19H2,1H3,(H,34,35)/t21-,22-,27-/m1/s1. The maximum absolute atomic E-state index is 11.3. The molecule has 8 nitrogen and oxygen atoms in total. The van der Waals surface area contributed by atoms with Crippen LogP contribution in [0.3, 0.4) is 0 Å². The van der Waals surface area contributed by atoms with Gasteiger partial charge in [-0.1, -0.05) is 11.8 Å². The molecule has 3 heterocycles. The number of nitrogens with zero attached hydrogens (tertiary/aromatic N) is 4. The number of rotatable bonds is 9. The van der Waals surface area contributed by atoms with Crippen molar-refractivity contribution in [1.29, 1.82) is 0 Å². The number of carboxylic acid groups (broad SMARTS) is 1. The highest BCUT2D eigenvalue weighted by molar-refractivity contribution is 5.83. The zero-order valence-corrected chi connectivity index (χ0v) is 20.5.